The molecule has 1 aromatic carbocycles. The van der Waals surface area contributed by atoms with Gasteiger partial charge < -0.3 is 20.1 Å². The largest absolute Gasteiger partial charge is 0.488 e. The minimum atomic E-state index is 0.168. The van der Waals surface area contributed by atoms with Crippen molar-refractivity contribution >= 4 is 5.96 Å². The maximum atomic E-state index is 6.01. The quantitative estimate of drug-likeness (QED) is 0.545. The Morgan fingerprint density at radius 1 is 1.35 bits per heavy atom. The number of likely N-dealkylation sites (tertiary alicyclic amines) is 1. The van der Waals surface area contributed by atoms with Crippen LogP contribution in [0.25, 0.3) is 0 Å². The Kier molecular flexibility index (Phi) is 7.14. The van der Waals surface area contributed by atoms with Crippen molar-refractivity contribution in [3.05, 3.63) is 29.8 Å². The van der Waals surface area contributed by atoms with Gasteiger partial charge in [0.15, 0.2) is 5.96 Å². The summed E-state index contributed by atoms with van der Waals surface area (Å²) in [6.45, 7) is 7.48. The maximum absolute atomic E-state index is 6.01. The minimum absolute atomic E-state index is 0.168. The van der Waals surface area contributed by atoms with Gasteiger partial charge in [-0.3, -0.25) is 9.89 Å². The van der Waals surface area contributed by atoms with Crippen LogP contribution in [0, 0.1) is 0 Å². The van der Waals surface area contributed by atoms with Crippen LogP contribution >= 0.6 is 0 Å². The number of ether oxygens (including phenoxy) is 2. The lowest BCUT2D eigenvalue weighted by Crippen LogP contribution is -2.43. The fourth-order valence-corrected chi connectivity index (χ4v) is 3.72. The number of aliphatic imine (C=N–C) groups is 1. The molecule has 26 heavy (non-hydrogen) atoms. The van der Waals surface area contributed by atoms with E-state index >= 15 is 0 Å². The molecule has 144 valence electrons. The number of hydrogen-bond acceptors (Lipinski definition) is 4. The first kappa shape index (κ1) is 19.0. The molecule has 0 spiro atoms. The average Bonchev–Trinajstić information content (AvgIpc) is 3.28. The van der Waals surface area contributed by atoms with E-state index in [1.54, 1.807) is 7.11 Å². The number of hydrogen-bond donors (Lipinski definition) is 2. The van der Waals surface area contributed by atoms with Crippen LogP contribution in [0.4, 0.5) is 0 Å². The molecule has 2 atom stereocenters. The highest BCUT2D eigenvalue weighted by Crippen LogP contribution is 2.27. The fraction of sp³-hybridized carbons (Fsp3) is 0.650. The number of para-hydroxylation sites is 1. The Balaban J connectivity index is 1.48. The Labute approximate surface area is 157 Å². The second-order valence-corrected chi connectivity index (χ2v) is 6.98. The SMILES string of the molecule is CCNC(=NCC1CCCN1CCOC)NCC1Cc2ccccc2O1. The van der Waals surface area contributed by atoms with Gasteiger partial charge in [0.2, 0.25) is 0 Å². The standard InChI is InChI=1S/C20H32N4O2/c1-3-21-20(22-14-17-8-6-10-24(17)11-12-25-2)23-15-18-13-16-7-4-5-9-19(16)26-18/h4-5,7,9,17-18H,3,6,8,10-15H2,1-2H3,(H2,21,22,23). The lowest BCUT2D eigenvalue weighted by molar-refractivity contribution is 0.142. The predicted octanol–water partition coefficient (Wildman–Crippen LogP) is 1.66. The molecule has 0 radical (unpaired) electrons. The van der Waals surface area contributed by atoms with E-state index in [9.17, 15) is 0 Å². The average molecular weight is 361 g/mol. The van der Waals surface area contributed by atoms with E-state index < -0.39 is 0 Å². The van der Waals surface area contributed by atoms with Crippen molar-refractivity contribution < 1.29 is 9.47 Å². The van der Waals surface area contributed by atoms with Gasteiger partial charge in [-0.05, 0) is 37.9 Å². The summed E-state index contributed by atoms with van der Waals surface area (Å²) in [6.07, 6.45) is 3.59. The highest BCUT2D eigenvalue weighted by molar-refractivity contribution is 5.79. The Bertz CT molecular complexity index is 568. The third kappa shape index (κ3) is 5.11. The number of guanidine groups is 1. The van der Waals surface area contributed by atoms with Crippen molar-refractivity contribution in [3.63, 3.8) is 0 Å². The van der Waals surface area contributed by atoms with Crippen molar-refractivity contribution in [1.29, 1.82) is 0 Å². The summed E-state index contributed by atoms with van der Waals surface area (Å²) in [5.41, 5.74) is 1.29. The molecule has 1 aromatic rings. The first-order valence-electron chi connectivity index (χ1n) is 9.80. The van der Waals surface area contributed by atoms with Crippen LogP contribution in [0.1, 0.15) is 25.3 Å². The summed E-state index contributed by atoms with van der Waals surface area (Å²) in [6, 6.07) is 8.80. The second kappa shape index (κ2) is 9.78. The van der Waals surface area contributed by atoms with Crippen molar-refractivity contribution in [2.45, 2.75) is 38.3 Å². The van der Waals surface area contributed by atoms with Gasteiger partial charge in [-0.1, -0.05) is 18.2 Å². The van der Waals surface area contributed by atoms with Crippen LogP contribution in [0.5, 0.6) is 5.75 Å². The fourth-order valence-electron chi connectivity index (χ4n) is 3.72. The highest BCUT2D eigenvalue weighted by Gasteiger charge is 2.24. The first-order valence-corrected chi connectivity index (χ1v) is 9.80. The topological polar surface area (TPSA) is 58.1 Å². The van der Waals surface area contributed by atoms with Gasteiger partial charge >= 0.3 is 0 Å². The van der Waals surface area contributed by atoms with Crippen LogP contribution in [-0.4, -0.2) is 69.4 Å². The van der Waals surface area contributed by atoms with Crippen molar-refractivity contribution in [2.75, 3.05) is 46.4 Å². The van der Waals surface area contributed by atoms with Gasteiger partial charge in [0.1, 0.15) is 11.9 Å². The van der Waals surface area contributed by atoms with E-state index in [4.69, 9.17) is 14.5 Å². The van der Waals surface area contributed by atoms with Crippen LogP contribution in [-0.2, 0) is 11.2 Å². The van der Waals surface area contributed by atoms with E-state index in [2.05, 4.69) is 34.6 Å². The molecule has 0 saturated carbocycles. The number of rotatable bonds is 8. The van der Waals surface area contributed by atoms with E-state index in [1.165, 1.54) is 18.4 Å². The molecule has 1 saturated heterocycles. The number of nitrogens with zero attached hydrogens (tertiary/aromatic N) is 2. The van der Waals surface area contributed by atoms with Crippen molar-refractivity contribution in [3.8, 4) is 5.75 Å². The predicted molar refractivity (Wildman–Crippen MR) is 105 cm³/mol. The van der Waals surface area contributed by atoms with Gasteiger partial charge in [0, 0.05) is 32.7 Å². The third-order valence-electron chi connectivity index (χ3n) is 5.10. The maximum Gasteiger partial charge on any atom is 0.191 e. The zero-order valence-corrected chi connectivity index (χ0v) is 16.0. The summed E-state index contributed by atoms with van der Waals surface area (Å²) < 4.78 is 11.2. The zero-order valence-electron chi connectivity index (χ0n) is 16.0. The van der Waals surface area contributed by atoms with E-state index in [0.29, 0.717) is 6.04 Å². The molecular weight excluding hydrogens is 328 g/mol. The summed E-state index contributed by atoms with van der Waals surface area (Å²) in [4.78, 5) is 7.31. The number of fused-ring (bicyclic) bond motifs is 1. The van der Waals surface area contributed by atoms with Crippen LogP contribution in [0.3, 0.4) is 0 Å². The second-order valence-electron chi connectivity index (χ2n) is 6.98. The molecule has 2 heterocycles. The van der Waals surface area contributed by atoms with Gasteiger partial charge in [0.25, 0.3) is 0 Å². The van der Waals surface area contributed by atoms with Gasteiger partial charge in [-0.2, -0.15) is 0 Å². The van der Waals surface area contributed by atoms with E-state index in [0.717, 1.165) is 57.5 Å². The monoisotopic (exact) mass is 360 g/mol. The molecule has 6 nitrogen and oxygen atoms in total. The van der Waals surface area contributed by atoms with Crippen molar-refractivity contribution in [1.82, 2.24) is 15.5 Å². The van der Waals surface area contributed by atoms with Crippen LogP contribution in [0.2, 0.25) is 0 Å². The summed E-state index contributed by atoms with van der Waals surface area (Å²) in [5, 5.41) is 6.80. The molecule has 0 aliphatic carbocycles. The van der Waals surface area contributed by atoms with Crippen molar-refractivity contribution in [2.24, 2.45) is 4.99 Å². The number of nitrogens with one attached hydrogen (secondary N) is 2. The molecule has 2 aliphatic heterocycles. The molecule has 6 heteroatoms. The first-order chi connectivity index (χ1) is 12.8. The van der Waals surface area contributed by atoms with E-state index in [1.807, 2.05) is 12.1 Å². The summed E-state index contributed by atoms with van der Waals surface area (Å²) in [5.74, 6) is 1.90. The van der Waals surface area contributed by atoms with Gasteiger partial charge in [0.05, 0.1) is 19.7 Å². The molecule has 0 aromatic heterocycles. The van der Waals surface area contributed by atoms with E-state index in [-0.39, 0.29) is 6.10 Å². The lowest BCUT2D eigenvalue weighted by Gasteiger charge is -2.23. The zero-order chi connectivity index (χ0) is 18.2. The Morgan fingerprint density at radius 2 is 2.23 bits per heavy atom. The normalized spacial score (nSPS) is 22.9. The minimum Gasteiger partial charge on any atom is -0.488 e. The van der Waals surface area contributed by atoms with Crippen LogP contribution < -0.4 is 15.4 Å². The number of benzene rings is 1. The molecule has 2 unspecified atom stereocenters. The summed E-state index contributed by atoms with van der Waals surface area (Å²) in [7, 11) is 1.76. The molecule has 0 bridgehead atoms. The lowest BCUT2D eigenvalue weighted by atomic mass is 10.1. The summed E-state index contributed by atoms with van der Waals surface area (Å²) >= 11 is 0. The Morgan fingerprint density at radius 3 is 3.04 bits per heavy atom. The van der Waals surface area contributed by atoms with Gasteiger partial charge in [-0.25, -0.2) is 0 Å². The smallest absolute Gasteiger partial charge is 0.191 e. The molecule has 2 aliphatic rings. The molecule has 1 fully saturated rings. The number of methoxy groups -OCH3 is 1. The highest BCUT2D eigenvalue weighted by atomic mass is 16.5. The molecule has 3 rings (SSSR count). The molecule has 2 N–H and O–H groups in total. The molecule has 0 amide bonds. The third-order valence-corrected chi connectivity index (χ3v) is 5.10. The van der Waals surface area contributed by atoms with Gasteiger partial charge in [-0.15, -0.1) is 0 Å². The Hall–Kier alpha value is -1.79. The van der Waals surface area contributed by atoms with Crippen LogP contribution in [0.15, 0.2) is 29.3 Å². The molecular formula is C20H32N4O2.